The SMILES string of the molecule is COc1ccc(Oc2ccc3c(c2)C[C@@H](NC[C@H](O)c2cccc(Cl)c2)CC3)cc1C(=O)O.Cl. The topological polar surface area (TPSA) is 88.0 Å². The summed E-state index contributed by atoms with van der Waals surface area (Å²) in [6.45, 7) is 0.445. The first-order valence-corrected chi connectivity index (χ1v) is 11.2. The fraction of sp³-hybridized carbons (Fsp3) is 0.269. The highest BCUT2D eigenvalue weighted by atomic mass is 35.5. The van der Waals surface area contributed by atoms with Gasteiger partial charge in [-0.05, 0) is 78.4 Å². The van der Waals surface area contributed by atoms with Gasteiger partial charge in [-0.3, -0.25) is 0 Å². The number of ether oxygens (including phenoxy) is 2. The van der Waals surface area contributed by atoms with E-state index in [0.717, 1.165) is 24.8 Å². The number of aliphatic hydroxyl groups is 1. The van der Waals surface area contributed by atoms with E-state index in [1.165, 1.54) is 24.3 Å². The summed E-state index contributed by atoms with van der Waals surface area (Å²) < 4.78 is 11.0. The highest BCUT2D eigenvalue weighted by Crippen LogP contribution is 2.31. The van der Waals surface area contributed by atoms with Crippen LogP contribution >= 0.6 is 24.0 Å². The number of hydrogen-bond donors (Lipinski definition) is 3. The van der Waals surface area contributed by atoms with E-state index in [1.807, 2.05) is 24.3 Å². The molecule has 0 aliphatic heterocycles. The summed E-state index contributed by atoms with van der Waals surface area (Å²) in [4.78, 5) is 11.5. The monoisotopic (exact) mass is 503 g/mol. The van der Waals surface area contributed by atoms with Crippen LogP contribution in [0.5, 0.6) is 17.2 Å². The Labute approximate surface area is 209 Å². The predicted octanol–water partition coefficient (Wildman–Crippen LogP) is 5.44. The molecule has 0 aromatic heterocycles. The van der Waals surface area contributed by atoms with Crippen LogP contribution in [-0.4, -0.2) is 35.9 Å². The summed E-state index contributed by atoms with van der Waals surface area (Å²) in [7, 11) is 1.43. The van der Waals surface area contributed by atoms with Crippen LogP contribution in [0.4, 0.5) is 0 Å². The first kappa shape index (κ1) is 25.8. The average Bonchev–Trinajstić information content (AvgIpc) is 2.82. The number of aryl methyl sites for hydroxylation is 1. The molecular formula is C26H27Cl2NO5. The molecule has 6 nitrogen and oxygen atoms in total. The zero-order chi connectivity index (χ0) is 23.4. The molecule has 0 heterocycles. The lowest BCUT2D eigenvalue weighted by Gasteiger charge is -2.27. The van der Waals surface area contributed by atoms with Crippen molar-refractivity contribution < 1.29 is 24.5 Å². The van der Waals surface area contributed by atoms with Crippen LogP contribution in [0.15, 0.2) is 60.7 Å². The van der Waals surface area contributed by atoms with Crippen molar-refractivity contribution in [1.82, 2.24) is 5.32 Å². The number of carboxylic acid groups (broad SMARTS) is 1. The fourth-order valence-electron chi connectivity index (χ4n) is 4.13. The molecule has 1 aliphatic rings. The maximum absolute atomic E-state index is 11.5. The van der Waals surface area contributed by atoms with Gasteiger partial charge in [-0.2, -0.15) is 0 Å². The van der Waals surface area contributed by atoms with Crippen LogP contribution in [0.2, 0.25) is 5.02 Å². The zero-order valence-corrected chi connectivity index (χ0v) is 20.2. The molecule has 0 amide bonds. The lowest BCUT2D eigenvalue weighted by atomic mass is 9.88. The Morgan fingerprint density at radius 2 is 1.88 bits per heavy atom. The minimum absolute atomic E-state index is 0. The van der Waals surface area contributed by atoms with Crippen molar-refractivity contribution in [3.8, 4) is 17.2 Å². The summed E-state index contributed by atoms with van der Waals surface area (Å²) in [6.07, 6.45) is 2.11. The molecule has 0 fully saturated rings. The third-order valence-electron chi connectivity index (χ3n) is 5.88. The molecule has 0 unspecified atom stereocenters. The molecule has 3 aromatic carbocycles. The molecule has 0 saturated carbocycles. The standard InChI is InChI=1S/C26H26ClNO5.ClH/c1-32-25-10-9-22(14-23(25)26(30)31)33-21-8-6-16-5-7-20(12-18(16)13-21)28-15-24(29)17-3-2-4-19(27)11-17;/h2-4,6,8-11,13-14,20,24,28-29H,5,7,12,15H2,1H3,(H,30,31);1H/t20-,24-;/m0./s1. The highest BCUT2D eigenvalue weighted by molar-refractivity contribution is 6.30. The number of rotatable bonds is 8. The van der Waals surface area contributed by atoms with Gasteiger partial charge in [0, 0.05) is 17.6 Å². The van der Waals surface area contributed by atoms with Gasteiger partial charge in [0.15, 0.2) is 0 Å². The number of fused-ring (bicyclic) bond motifs is 1. The van der Waals surface area contributed by atoms with E-state index in [9.17, 15) is 15.0 Å². The van der Waals surface area contributed by atoms with Crippen LogP contribution in [0.3, 0.4) is 0 Å². The van der Waals surface area contributed by atoms with Gasteiger partial charge in [-0.1, -0.05) is 29.8 Å². The van der Waals surface area contributed by atoms with Crippen molar-refractivity contribution in [3.63, 3.8) is 0 Å². The van der Waals surface area contributed by atoms with Crippen LogP contribution in [0.25, 0.3) is 0 Å². The Kier molecular flexibility index (Phi) is 8.80. The summed E-state index contributed by atoms with van der Waals surface area (Å²) in [5.41, 5.74) is 3.30. The molecule has 0 spiro atoms. The van der Waals surface area contributed by atoms with Crippen LogP contribution in [0.1, 0.15) is 39.6 Å². The number of halogens is 2. The smallest absolute Gasteiger partial charge is 0.339 e. The van der Waals surface area contributed by atoms with Crippen molar-refractivity contribution in [2.75, 3.05) is 13.7 Å². The molecule has 34 heavy (non-hydrogen) atoms. The van der Waals surface area contributed by atoms with Crippen molar-refractivity contribution in [2.45, 2.75) is 31.4 Å². The van der Waals surface area contributed by atoms with Gasteiger partial charge in [-0.25, -0.2) is 4.79 Å². The van der Waals surface area contributed by atoms with E-state index < -0.39 is 12.1 Å². The summed E-state index contributed by atoms with van der Waals surface area (Å²) in [6, 6.07) is 18.2. The van der Waals surface area contributed by atoms with Crippen molar-refractivity contribution in [1.29, 1.82) is 0 Å². The Morgan fingerprint density at radius 3 is 2.62 bits per heavy atom. The van der Waals surface area contributed by atoms with Gasteiger partial charge in [0.25, 0.3) is 0 Å². The van der Waals surface area contributed by atoms with E-state index in [1.54, 1.807) is 24.3 Å². The van der Waals surface area contributed by atoms with Gasteiger partial charge < -0.3 is 25.0 Å². The Hall–Kier alpha value is -2.77. The second-order valence-electron chi connectivity index (χ2n) is 8.12. The number of carboxylic acids is 1. The van der Waals surface area contributed by atoms with E-state index in [4.69, 9.17) is 21.1 Å². The van der Waals surface area contributed by atoms with Gasteiger partial charge >= 0.3 is 5.97 Å². The molecule has 2 atom stereocenters. The minimum atomic E-state index is -1.07. The number of carbonyl (C=O) groups is 1. The molecule has 4 rings (SSSR count). The molecule has 0 saturated heterocycles. The van der Waals surface area contributed by atoms with Gasteiger partial charge in [0.1, 0.15) is 22.8 Å². The molecule has 3 aromatic rings. The van der Waals surface area contributed by atoms with Crippen molar-refractivity contribution in [2.24, 2.45) is 0 Å². The van der Waals surface area contributed by atoms with Gasteiger partial charge in [-0.15, -0.1) is 12.4 Å². The summed E-state index contributed by atoms with van der Waals surface area (Å²) in [5.74, 6) is 0.295. The first-order valence-electron chi connectivity index (χ1n) is 10.8. The Balaban J connectivity index is 0.00000324. The normalized spacial score (nSPS) is 15.6. The van der Waals surface area contributed by atoms with E-state index in [0.29, 0.717) is 23.1 Å². The van der Waals surface area contributed by atoms with Crippen LogP contribution in [0, 0.1) is 0 Å². The van der Waals surface area contributed by atoms with Crippen LogP contribution < -0.4 is 14.8 Å². The predicted molar refractivity (Wildman–Crippen MR) is 134 cm³/mol. The third kappa shape index (κ3) is 6.21. The summed E-state index contributed by atoms with van der Waals surface area (Å²) in [5, 5.41) is 23.9. The highest BCUT2D eigenvalue weighted by Gasteiger charge is 2.20. The first-order chi connectivity index (χ1) is 15.9. The molecule has 3 N–H and O–H groups in total. The van der Waals surface area contributed by atoms with Crippen LogP contribution in [-0.2, 0) is 12.8 Å². The summed E-state index contributed by atoms with van der Waals surface area (Å²) >= 11 is 6.03. The van der Waals surface area contributed by atoms with Crippen molar-refractivity contribution in [3.05, 3.63) is 87.9 Å². The van der Waals surface area contributed by atoms with E-state index in [-0.39, 0.29) is 29.8 Å². The number of benzene rings is 3. The zero-order valence-electron chi connectivity index (χ0n) is 18.7. The van der Waals surface area contributed by atoms with E-state index >= 15 is 0 Å². The lowest BCUT2D eigenvalue weighted by molar-refractivity contribution is 0.0693. The van der Waals surface area contributed by atoms with Gasteiger partial charge in [0.2, 0.25) is 0 Å². The lowest BCUT2D eigenvalue weighted by Crippen LogP contribution is -2.37. The molecule has 180 valence electrons. The Morgan fingerprint density at radius 1 is 1.12 bits per heavy atom. The number of aliphatic hydroxyl groups excluding tert-OH is 1. The van der Waals surface area contributed by atoms with Gasteiger partial charge in [0.05, 0.1) is 13.2 Å². The molecule has 0 radical (unpaired) electrons. The fourth-order valence-corrected chi connectivity index (χ4v) is 4.33. The quantitative estimate of drug-likeness (QED) is 0.379. The third-order valence-corrected chi connectivity index (χ3v) is 6.11. The van der Waals surface area contributed by atoms with Crippen molar-refractivity contribution >= 4 is 30.0 Å². The maximum atomic E-state index is 11.5. The molecule has 8 heteroatoms. The number of methoxy groups -OCH3 is 1. The molecular weight excluding hydrogens is 477 g/mol. The number of nitrogens with one attached hydrogen (secondary N) is 1. The Bertz CT molecular complexity index is 1150. The minimum Gasteiger partial charge on any atom is -0.496 e. The largest absolute Gasteiger partial charge is 0.496 e. The molecule has 0 bridgehead atoms. The second-order valence-corrected chi connectivity index (χ2v) is 8.56. The number of hydrogen-bond acceptors (Lipinski definition) is 5. The molecule has 1 aliphatic carbocycles. The average molecular weight is 504 g/mol. The maximum Gasteiger partial charge on any atom is 0.339 e. The second kappa shape index (κ2) is 11.6. The van der Waals surface area contributed by atoms with E-state index in [2.05, 4.69) is 11.4 Å². The number of aromatic carboxylic acids is 1.